The van der Waals surface area contributed by atoms with Crippen LogP contribution in [0.3, 0.4) is 0 Å². The van der Waals surface area contributed by atoms with Gasteiger partial charge in [0, 0.05) is 42.0 Å². The highest BCUT2D eigenvalue weighted by atomic mass is 16.6. The van der Waals surface area contributed by atoms with E-state index in [1.807, 2.05) is 12.2 Å². The molecular formula is C29H37NO8. The average Bonchev–Trinajstić information content (AvgIpc) is 3.17. The van der Waals surface area contributed by atoms with Gasteiger partial charge >= 0.3 is 5.97 Å². The Labute approximate surface area is 223 Å². The van der Waals surface area contributed by atoms with Crippen molar-refractivity contribution in [3.8, 4) is 0 Å². The molecular weight excluding hydrogens is 490 g/mol. The second-order valence-corrected chi connectivity index (χ2v) is 10.5. The predicted octanol–water partition coefficient (Wildman–Crippen LogP) is 2.47. The molecule has 1 aliphatic heterocycles. The van der Waals surface area contributed by atoms with Gasteiger partial charge in [-0.25, -0.2) is 4.79 Å². The summed E-state index contributed by atoms with van der Waals surface area (Å²) in [6, 6.07) is 0. The number of aliphatic hydroxyl groups is 2. The van der Waals surface area contributed by atoms with Gasteiger partial charge in [0.15, 0.2) is 11.5 Å². The highest BCUT2D eigenvalue weighted by Crippen LogP contribution is 2.62. The summed E-state index contributed by atoms with van der Waals surface area (Å²) in [6.07, 6.45) is 2.74. The fourth-order valence-corrected chi connectivity index (χ4v) is 6.24. The highest BCUT2D eigenvalue weighted by Gasteiger charge is 2.63. The molecule has 5 unspecified atom stereocenters. The van der Waals surface area contributed by atoms with Crippen LogP contribution in [0.15, 0.2) is 59.9 Å². The van der Waals surface area contributed by atoms with Crippen LogP contribution in [0.2, 0.25) is 0 Å². The van der Waals surface area contributed by atoms with Crippen molar-refractivity contribution in [1.29, 1.82) is 0 Å². The number of allylic oxidation sites excluding steroid dienone is 1. The maximum atomic E-state index is 13.4. The monoisotopic (exact) mass is 527 g/mol. The van der Waals surface area contributed by atoms with Crippen LogP contribution in [0.5, 0.6) is 0 Å². The van der Waals surface area contributed by atoms with Gasteiger partial charge in [0.25, 0.3) is 0 Å². The number of rotatable bonds is 8. The lowest BCUT2D eigenvalue weighted by Gasteiger charge is -2.53. The lowest BCUT2D eigenvalue weighted by molar-refractivity contribution is -0.156. The first-order valence-electron chi connectivity index (χ1n) is 12.7. The SMILES string of the molecule is C=C1C(=O)OC(CO)C2(C)C1=C(O)C(=O)C1=C2C(OCC(C)=O)CC2(C)C(=O)CCC12.C=CCNCC=C. The molecule has 0 radical (unpaired) electrons. The summed E-state index contributed by atoms with van der Waals surface area (Å²) in [5.41, 5.74) is -1.60. The van der Waals surface area contributed by atoms with Crippen molar-refractivity contribution in [2.75, 3.05) is 26.3 Å². The van der Waals surface area contributed by atoms with Crippen molar-refractivity contribution in [2.24, 2.45) is 16.7 Å². The van der Waals surface area contributed by atoms with Crippen LogP contribution in [0, 0.1) is 16.7 Å². The summed E-state index contributed by atoms with van der Waals surface area (Å²) in [5.74, 6) is -2.77. The molecule has 2 fully saturated rings. The normalized spacial score (nSPS) is 32.1. The Balaban J connectivity index is 0.000000505. The lowest BCUT2D eigenvalue weighted by atomic mass is 9.53. The van der Waals surface area contributed by atoms with Gasteiger partial charge in [-0.3, -0.25) is 14.4 Å². The number of carbonyl (C=O) groups is 4. The summed E-state index contributed by atoms with van der Waals surface area (Å²) < 4.78 is 11.3. The van der Waals surface area contributed by atoms with Gasteiger partial charge in [-0.2, -0.15) is 0 Å². The van der Waals surface area contributed by atoms with E-state index in [4.69, 9.17) is 9.47 Å². The fraction of sp³-hybridized carbons (Fsp3) is 0.517. The topological polar surface area (TPSA) is 139 Å². The maximum Gasteiger partial charge on any atom is 0.338 e. The molecule has 1 saturated heterocycles. The standard InChI is InChI=1S/C23H26O8.C6H11N/c1-10(25)9-30-13-7-22(3)12(5-6-14(22)26)16-18(13)23(4)15(8-24)31-21(29)11(2)17(23)20(28)19(16)27;1-3-5-7-6-4-2/h12-13,15,24,28H,2,5-9H2,1,3-4H3;3-4,7H,1-2,5-6H2. The number of fused-ring (bicyclic) bond motifs is 4. The Bertz CT molecular complexity index is 1140. The summed E-state index contributed by atoms with van der Waals surface area (Å²) in [5, 5.41) is 24.0. The van der Waals surface area contributed by atoms with Crippen molar-refractivity contribution >= 4 is 23.3 Å². The van der Waals surface area contributed by atoms with Crippen molar-refractivity contribution < 1.29 is 38.9 Å². The third kappa shape index (κ3) is 4.74. The van der Waals surface area contributed by atoms with Gasteiger partial charge < -0.3 is 25.0 Å². The molecule has 9 nitrogen and oxygen atoms in total. The van der Waals surface area contributed by atoms with Crippen LogP contribution in [0.25, 0.3) is 0 Å². The van der Waals surface area contributed by atoms with E-state index in [1.54, 1.807) is 13.8 Å². The number of hydrogen-bond acceptors (Lipinski definition) is 9. The van der Waals surface area contributed by atoms with E-state index in [0.717, 1.165) is 13.1 Å². The van der Waals surface area contributed by atoms with Crippen molar-refractivity contribution in [3.63, 3.8) is 0 Å². The molecule has 0 aromatic heterocycles. The van der Waals surface area contributed by atoms with Crippen molar-refractivity contribution in [3.05, 3.63) is 59.9 Å². The molecule has 38 heavy (non-hydrogen) atoms. The van der Waals surface area contributed by atoms with E-state index < -0.39 is 53.1 Å². The molecule has 9 heteroatoms. The smallest absolute Gasteiger partial charge is 0.338 e. The molecule has 4 rings (SSSR count). The molecule has 0 bridgehead atoms. The van der Waals surface area contributed by atoms with E-state index in [2.05, 4.69) is 25.1 Å². The van der Waals surface area contributed by atoms with Crippen LogP contribution in [0.4, 0.5) is 0 Å². The van der Waals surface area contributed by atoms with Crippen LogP contribution >= 0.6 is 0 Å². The average molecular weight is 528 g/mol. The number of aliphatic hydroxyl groups excluding tert-OH is 2. The number of esters is 1. The van der Waals surface area contributed by atoms with Gasteiger partial charge in [0.2, 0.25) is 5.78 Å². The second kappa shape index (κ2) is 11.3. The van der Waals surface area contributed by atoms with Gasteiger partial charge in [0.1, 0.15) is 18.5 Å². The first-order chi connectivity index (χ1) is 17.9. The number of ketones is 3. The molecule has 5 atom stereocenters. The maximum absolute atomic E-state index is 13.4. The van der Waals surface area contributed by atoms with Gasteiger partial charge in [0.05, 0.1) is 23.7 Å². The summed E-state index contributed by atoms with van der Waals surface area (Å²) in [7, 11) is 0. The molecule has 4 aliphatic rings. The van der Waals surface area contributed by atoms with E-state index in [0.29, 0.717) is 18.4 Å². The Hall–Kier alpha value is -3.14. The van der Waals surface area contributed by atoms with Gasteiger partial charge in [-0.15, -0.1) is 13.2 Å². The fourth-order valence-electron chi connectivity index (χ4n) is 6.24. The second-order valence-electron chi connectivity index (χ2n) is 10.5. The number of nitrogens with one attached hydrogen (secondary N) is 1. The molecule has 0 aromatic carbocycles. The van der Waals surface area contributed by atoms with E-state index in [9.17, 15) is 29.4 Å². The minimum Gasteiger partial charge on any atom is -0.504 e. The quantitative estimate of drug-likeness (QED) is 0.188. The zero-order valence-electron chi connectivity index (χ0n) is 22.3. The highest BCUT2D eigenvalue weighted by molar-refractivity contribution is 6.13. The molecule has 206 valence electrons. The predicted molar refractivity (Wildman–Crippen MR) is 140 cm³/mol. The molecule has 1 heterocycles. The first-order valence-corrected chi connectivity index (χ1v) is 12.7. The Kier molecular flexibility index (Phi) is 8.75. The van der Waals surface area contributed by atoms with Gasteiger partial charge in [-0.1, -0.05) is 25.7 Å². The number of cyclic esters (lactones) is 1. The zero-order valence-corrected chi connectivity index (χ0v) is 22.3. The van der Waals surface area contributed by atoms with Crippen molar-refractivity contribution in [2.45, 2.75) is 52.2 Å². The molecule has 3 N–H and O–H groups in total. The third-order valence-electron chi connectivity index (χ3n) is 8.08. The minimum absolute atomic E-state index is 0.00545. The van der Waals surface area contributed by atoms with Crippen LogP contribution in [-0.2, 0) is 28.7 Å². The zero-order chi connectivity index (χ0) is 28.4. The summed E-state index contributed by atoms with van der Waals surface area (Å²) in [6.45, 7) is 16.6. The number of carbonyl (C=O) groups excluding carboxylic acids is 4. The minimum atomic E-state index is -1.29. The Morgan fingerprint density at radius 1 is 1.21 bits per heavy atom. The van der Waals surface area contributed by atoms with Crippen molar-refractivity contribution in [1.82, 2.24) is 5.32 Å². The number of Topliss-reactive ketones (excluding diaryl/α,β-unsaturated/α-hetero) is 3. The van der Waals surface area contributed by atoms with Crippen LogP contribution in [0.1, 0.15) is 40.0 Å². The van der Waals surface area contributed by atoms with Crippen LogP contribution < -0.4 is 5.32 Å². The van der Waals surface area contributed by atoms with Gasteiger partial charge in [-0.05, 0) is 32.3 Å². The lowest BCUT2D eigenvalue weighted by Crippen LogP contribution is -2.56. The largest absolute Gasteiger partial charge is 0.504 e. The Morgan fingerprint density at radius 2 is 1.84 bits per heavy atom. The van der Waals surface area contributed by atoms with E-state index in [-0.39, 0.29) is 41.3 Å². The van der Waals surface area contributed by atoms with E-state index >= 15 is 0 Å². The molecule has 0 amide bonds. The van der Waals surface area contributed by atoms with Crippen LogP contribution in [-0.4, -0.2) is 72.0 Å². The number of hydrogen-bond donors (Lipinski definition) is 3. The Morgan fingerprint density at radius 3 is 2.39 bits per heavy atom. The van der Waals surface area contributed by atoms with E-state index in [1.165, 1.54) is 6.92 Å². The molecule has 3 aliphatic carbocycles. The third-order valence-corrected chi connectivity index (χ3v) is 8.08. The first kappa shape index (κ1) is 29.4. The molecule has 1 saturated carbocycles. The number of ether oxygens (including phenoxy) is 2. The molecule has 0 spiro atoms. The summed E-state index contributed by atoms with van der Waals surface area (Å²) >= 11 is 0. The molecule has 0 aromatic rings. The summed E-state index contributed by atoms with van der Waals surface area (Å²) in [4.78, 5) is 50.2.